The minimum atomic E-state index is -0.949. The van der Waals surface area contributed by atoms with Crippen LogP contribution in [0.3, 0.4) is 0 Å². The zero-order valence-corrected chi connectivity index (χ0v) is 28.1. The van der Waals surface area contributed by atoms with Gasteiger partial charge in [-0.3, -0.25) is 0 Å². The van der Waals surface area contributed by atoms with Gasteiger partial charge in [-0.2, -0.15) is 0 Å². The van der Waals surface area contributed by atoms with Crippen LogP contribution in [0.15, 0.2) is 192 Å². The highest BCUT2D eigenvalue weighted by molar-refractivity contribution is 6.05. The molecule has 246 valence electrons. The maximum atomic E-state index is 5.44. The zero-order valence-electron chi connectivity index (χ0n) is 28.1. The molecule has 1 aliphatic heterocycles. The summed E-state index contributed by atoms with van der Waals surface area (Å²) in [7, 11) is 0. The highest BCUT2D eigenvalue weighted by atomic mass is 15.2. The summed E-state index contributed by atoms with van der Waals surface area (Å²) in [5.74, 6) is 2.54. The van der Waals surface area contributed by atoms with Crippen molar-refractivity contribution in [2.45, 2.75) is 5.66 Å². The summed E-state index contributed by atoms with van der Waals surface area (Å²) in [6.07, 6.45) is 1.78. The first-order chi connectivity index (χ1) is 25.7. The van der Waals surface area contributed by atoms with Crippen LogP contribution in [0, 0.1) is 0 Å². The fourth-order valence-electron chi connectivity index (χ4n) is 6.86. The molecule has 6 nitrogen and oxygen atoms in total. The number of aliphatic imine (C=N–C) groups is 2. The van der Waals surface area contributed by atoms with E-state index in [9.17, 15) is 0 Å². The SMILES string of the molecule is C1=NC(c2ccccc2)=NC(c2ccccc2)(c2ccc3ccccc3c2-c2ccc(-c3nc(-c4ccccc4)nc(-c4ccccc4)n3)cc2)N1. The van der Waals surface area contributed by atoms with Gasteiger partial charge in [-0.15, -0.1) is 0 Å². The van der Waals surface area contributed by atoms with Gasteiger partial charge in [0.1, 0.15) is 0 Å². The molecule has 1 atom stereocenters. The van der Waals surface area contributed by atoms with Gasteiger partial charge < -0.3 is 5.32 Å². The van der Waals surface area contributed by atoms with E-state index in [0.29, 0.717) is 23.3 Å². The second-order valence-electron chi connectivity index (χ2n) is 12.6. The van der Waals surface area contributed by atoms with Crippen LogP contribution in [0.5, 0.6) is 0 Å². The van der Waals surface area contributed by atoms with Crippen LogP contribution in [0.25, 0.3) is 56.1 Å². The summed E-state index contributed by atoms with van der Waals surface area (Å²) < 4.78 is 0. The lowest BCUT2D eigenvalue weighted by Gasteiger charge is -2.36. The summed E-state index contributed by atoms with van der Waals surface area (Å²) >= 11 is 0. The van der Waals surface area contributed by atoms with Crippen LogP contribution in [0.4, 0.5) is 0 Å². The number of hydrogen-bond acceptors (Lipinski definition) is 6. The summed E-state index contributed by atoms with van der Waals surface area (Å²) in [5, 5.41) is 5.88. The molecule has 0 bridgehead atoms. The second-order valence-corrected chi connectivity index (χ2v) is 12.6. The van der Waals surface area contributed by atoms with Gasteiger partial charge in [-0.25, -0.2) is 24.9 Å². The Balaban J connectivity index is 1.22. The van der Waals surface area contributed by atoms with Crippen molar-refractivity contribution in [1.82, 2.24) is 20.3 Å². The topological polar surface area (TPSA) is 75.4 Å². The Kier molecular flexibility index (Phi) is 7.95. The highest BCUT2D eigenvalue weighted by Crippen LogP contribution is 2.43. The van der Waals surface area contributed by atoms with E-state index in [2.05, 4.69) is 90.2 Å². The minimum Gasteiger partial charge on any atom is -0.344 e. The molecule has 9 rings (SSSR count). The number of amidine groups is 1. The molecule has 1 unspecified atom stereocenters. The van der Waals surface area contributed by atoms with Crippen molar-refractivity contribution in [2.24, 2.45) is 9.98 Å². The average Bonchev–Trinajstić information content (AvgIpc) is 3.24. The number of rotatable bonds is 7. The predicted molar refractivity (Wildman–Crippen MR) is 211 cm³/mol. The zero-order chi connectivity index (χ0) is 34.7. The van der Waals surface area contributed by atoms with E-state index in [-0.39, 0.29) is 0 Å². The first kappa shape index (κ1) is 31.0. The van der Waals surface area contributed by atoms with E-state index in [4.69, 9.17) is 24.9 Å². The van der Waals surface area contributed by atoms with Gasteiger partial charge in [0.15, 0.2) is 29.0 Å². The lowest BCUT2D eigenvalue weighted by Crippen LogP contribution is -2.44. The predicted octanol–water partition coefficient (Wildman–Crippen LogP) is 9.97. The molecule has 0 saturated carbocycles. The molecule has 0 saturated heterocycles. The molecule has 1 aliphatic rings. The summed E-state index contributed by atoms with van der Waals surface area (Å²) in [4.78, 5) is 25.0. The van der Waals surface area contributed by atoms with Crippen LogP contribution in [-0.2, 0) is 5.66 Å². The van der Waals surface area contributed by atoms with Crippen molar-refractivity contribution in [1.29, 1.82) is 0 Å². The molecule has 2 heterocycles. The van der Waals surface area contributed by atoms with Gasteiger partial charge in [-0.1, -0.05) is 182 Å². The minimum absolute atomic E-state index is 0.611. The fraction of sp³-hybridized carbons (Fsp3) is 0.0217. The molecule has 1 N–H and O–H groups in total. The van der Waals surface area contributed by atoms with Crippen LogP contribution < -0.4 is 5.32 Å². The number of aromatic nitrogens is 3. The van der Waals surface area contributed by atoms with Gasteiger partial charge in [0.25, 0.3) is 0 Å². The lowest BCUT2D eigenvalue weighted by atomic mass is 9.82. The lowest BCUT2D eigenvalue weighted by molar-refractivity contribution is 0.505. The molecule has 0 radical (unpaired) electrons. The van der Waals surface area contributed by atoms with Crippen molar-refractivity contribution in [2.75, 3.05) is 0 Å². The van der Waals surface area contributed by atoms with Crippen molar-refractivity contribution >= 4 is 22.9 Å². The third-order valence-electron chi connectivity index (χ3n) is 9.41. The monoisotopic (exact) mass is 668 g/mol. The van der Waals surface area contributed by atoms with Gasteiger partial charge in [0, 0.05) is 33.4 Å². The van der Waals surface area contributed by atoms with Gasteiger partial charge in [-0.05, 0) is 21.9 Å². The number of benzene rings is 7. The van der Waals surface area contributed by atoms with Gasteiger partial charge >= 0.3 is 0 Å². The van der Waals surface area contributed by atoms with Crippen LogP contribution in [0.1, 0.15) is 16.7 Å². The first-order valence-electron chi connectivity index (χ1n) is 17.3. The van der Waals surface area contributed by atoms with Crippen LogP contribution in [-0.4, -0.2) is 27.1 Å². The number of nitrogens with one attached hydrogen (secondary N) is 1. The van der Waals surface area contributed by atoms with E-state index >= 15 is 0 Å². The van der Waals surface area contributed by atoms with E-state index in [0.717, 1.165) is 55.3 Å². The summed E-state index contributed by atoms with van der Waals surface area (Å²) in [6, 6.07) is 62.0. The molecule has 0 aliphatic carbocycles. The summed E-state index contributed by atoms with van der Waals surface area (Å²) in [6.45, 7) is 0. The van der Waals surface area contributed by atoms with Gasteiger partial charge in [0.2, 0.25) is 0 Å². The van der Waals surface area contributed by atoms with Crippen molar-refractivity contribution in [3.05, 3.63) is 199 Å². The number of nitrogens with zero attached hydrogens (tertiary/aromatic N) is 5. The Labute approximate surface area is 302 Å². The first-order valence-corrected chi connectivity index (χ1v) is 17.3. The molecule has 52 heavy (non-hydrogen) atoms. The Bertz CT molecular complexity index is 2510. The molecule has 0 fully saturated rings. The Morgan fingerprint density at radius 2 is 0.885 bits per heavy atom. The quantitative estimate of drug-likeness (QED) is 0.183. The molecule has 7 aromatic carbocycles. The normalized spacial score (nSPS) is 15.2. The maximum Gasteiger partial charge on any atom is 0.185 e. The third-order valence-corrected chi connectivity index (χ3v) is 9.41. The van der Waals surface area contributed by atoms with Crippen molar-refractivity contribution < 1.29 is 0 Å². The average molecular weight is 669 g/mol. The Hall–Kier alpha value is -7.05. The Morgan fingerprint density at radius 1 is 0.404 bits per heavy atom. The Morgan fingerprint density at radius 3 is 1.48 bits per heavy atom. The standard InChI is InChI=1S/C46H32N6/c1-5-16-34(17-6-1)42-47-31-48-46(52-42,38-22-11-4-12-23-38)40-30-29-32-15-13-14-24-39(32)41(40)33-25-27-37(28-26-33)45-50-43(35-18-7-2-8-19-35)49-44(51-45)36-20-9-3-10-21-36/h1-31H,(H,47,48,52). The van der Waals surface area contributed by atoms with E-state index in [1.807, 2.05) is 97.1 Å². The molecule has 8 aromatic rings. The number of hydrogen-bond donors (Lipinski definition) is 1. The molecule has 0 amide bonds. The van der Waals surface area contributed by atoms with Crippen LogP contribution in [0.2, 0.25) is 0 Å². The fourth-order valence-corrected chi connectivity index (χ4v) is 6.86. The third kappa shape index (κ3) is 5.72. The van der Waals surface area contributed by atoms with E-state index in [1.165, 1.54) is 0 Å². The molecular formula is C46H32N6. The summed E-state index contributed by atoms with van der Waals surface area (Å²) in [5.41, 5.74) is 6.93. The van der Waals surface area contributed by atoms with Crippen LogP contribution >= 0.6 is 0 Å². The molecular weight excluding hydrogens is 637 g/mol. The maximum absolute atomic E-state index is 5.44. The largest absolute Gasteiger partial charge is 0.344 e. The smallest absolute Gasteiger partial charge is 0.185 e. The van der Waals surface area contributed by atoms with Crippen molar-refractivity contribution in [3.63, 3.8) is 0 Å². The van der Waals surface area contributed by atoms with Gasteiger partial charge in [0.05, 0.1) is 6.34 Å². The van der Waals surface area contributed by atoms with E-state index < -0.39 is 5.66 Å². The molecule has 0 spiro atoms. The molecule has 1 aromatic heterocycles. The highest BCUT2D eigenvalue weighted by Gasteiger charge is 2.38. The second kappa shape index (κ2) is 13.3. The van der Waals surface area contributed by atoms with E-state index in [1.54, 1.807) is 6.34 Å². The number of fused-ring (bicyclic) bond motifs is 1. The van der Waals surface area contributed by atoms with Crippen molar-refractivity contribution in [3.8, 4) is 45.3 Å². The molecule has 6 heteroatoms.